The molecule has 3 heterocycles. The van der Waals surface area contributed by atoms with Gasteiger partial charge >= 0.3 is 0 Å². The largest absolute Gasteiger partial charge is 0.309 e. The number of benzene rings is 9. The fraction of sp³-hybridized carbons (Fsp3) is 0. The van der Waals surface area contributed by atoms with E-state index in [1.165, 1.54) is 80.2 Å². The van der Waals surface area contributed by atoms with Gasteiger partial charge in [0.25, 0.3) is 0 Å². The van der Waals surface area contributed by atoms with Crippen LogP contribution in [0.2, 0.25) is 0 Å². The van der Waals surface area contributed by atoms with Crippen molar-refractivity contribution in [2.24, 2.45) is 0 Å². The number of rotatable bonds is 5. The topological polar surface area (TPSA) is 13.1 Å². The van der Waals surface area contributed by atoms with Crippen molar-refractivity contribution in [3.05, 3.63) is 200 Å². The van der Waals surface area contributed by atoms with Crippen LogP contribution in [0.4, 0.5) is 17.1 Å². The minimum Gasteiger partial charge on any atom is -0.309 e. The summed E-state index contributed by atoms with van der Waals surface area (Å²) in [6, 6.07) is 73.1. The van der Waals surface area contributed by atoms with Gasteiger partial charge in [-0.25, -0.2) is 0 Å². The van der Waals surface area contributed by atoms with Gasteiger partial charge in [-0.2, -0.15) is 0 Å². The lowest BCUT2D eigenvalue weighted by Crippen LogP contribution is -2.11. The Hall–Kier alpha value is -7.14. The summed E-state index contributed by atoms with van der Waals surface area (Å²) in [5, 5.41) is 10.1. The molecule has 0 fully saturated rings. The first-order chi connectivity index (χ1) is 27.8. The molecule has 262 valence electrons. The first kappa shape index (κ1) is 31.2. The summed E-state index contributed by atoms with van der Waals surface area (Å²) in [6.07, 6.45) is 0. The summed E-state index contributed by atoms with van der Waals surface area (Å²) >= 11 is 1.87. The second-order valence-corrected chi connectivity index (χ2v) is 15.5. The smallest absolute Gasteiger partial charge is 0.0640 e. The van der Waals surface area contributed by atoms with E-state index in [0.29, 0.717) is 0 Å². The third-order valence-electron chi connectivity index (χ3n) is 11.5. The lowest BCUT2D eigenvalue weighted by Gasteiger charge is -2.27. The fourth-order valence-electron chi connectivity index (χ4n) is 9.13. The summed E-state index contributed by atoms with van der Waals surface area (Å²) in [5.74, 6) is 0. The zero-order valence-electron chi connectivity index (χ0n) is 30.3. The summed E-state index contributed by atoms with van der Waals surface area (Å²) in [7, 11) is 0. The van der Waals surface area contributed by atoms with Crippen LogP contribution in [0.5, 0.6) is 0 Å². The van der Waals surface area contributed by atoms with Crippen LogP contribution < -0.4 is 4.90 Å². The van der Waals surface area contributed by atoms with E-state index in [1.54, 1.807) is 0 Å². The normalized spacial score (nSPS) is 11.9. The number of hydrogen-bond acceptors (Lipinski definition) is 2. The van der Waals surface area contributed by atoms with Gasteiger partial charge < -0.3 is 14.0 Å². The maximum atomic E-state index is 2.49. The molecule has 56 heavy (non-hydrogen) atoms. The monoisotopic (exact) mass is 731 g/mol. The predicted octanol–water partition coefficient (Wildman–Crippen LogP) is 14.9. The number of aromatic nitrogens is 2. The Morgan fingerprint density at radius 2 is 0.893 bits per heavy atom. The van der Waals surface area contributed by atoms with Crippen LogP contribution in [0.25, 0.3) is 85.9 Å². The highest BCUT2D eigenvalue weighted by molar-refractivity contribution is 7.26. The minimum absolute atomic E-state index is 1.11. The molecule has 0 aliphatic heterocycles. The molecule has 0 atom stereocenters. The standard InChI is InChI=1S/C52H33N3S/c1-2-15-35(16-3-1)53-44-23-10-7-20-42(44)51-45(53)24-13-25-46(51)55(48-26-12-21-40-39-18-8-11-27-49(39)56-52(40)48)37-31-29-36(30-32-37)54-43-22-9-6-19-41(43)50-38-17-5-4-14-34(38)28-33-47(50)54/h1-33H. The minimum atomic E-state index is 1.11. The lowest BCUT2D eigenvalue weighted by atomic mass is 10.0. The van der Waals surface area contributed by atoms with E-state index < -0.39 is 0 Å². The first-order valence-electron chi connectivity index (χ1n) is 19.1. The molecule has 9 aromatic carbocycles. The number of hydrogen-bond donors (Lipinski definition) is 0. The summed E-state index contributed by atoms with van der Waals surface area (Å²) in [6.45, 7) is 0. The Morgan fingerprint density at radius 1 is 0.339 bits per heavy atom. The van der Waals surface area contributed by atoms with Crippen LogP contribution in [0.15, 0.2) is 200 Å². The molecule has 3 nitrogen and oxygen atoms in total. The molecule has 0 aliphatic carbocycles. The molecule has 0 radical (unpaired) electrons. The molecule has 0 amide bonds. The second-order valence-electron chi connectivity index (χ2n) is 14.5. The third-order valence-corrected chi connectivity index (χ3v) is 12.7. The van der Waals surface area contributed by atoms with Crippen LogP contribution in [0.1, 0.15) is 0 Å². The molecule has 4 heteroatoms. The van der Waals surface area contributed by atoms with Gasteiger partial charge in [-0.3, -0.25) is 0 Å². The number of thiophene rings is 1. The second kappa shape index (κ2) is 12.2. The van der Waals surface area contributed by atoms with E-state index >= 15 is 0 Å². The fourth-order valence-corrected chi connectivity index (χ4v) is 10.3. The van der Waals surface area contributed by atoms with Gasteiger partial charge in [0, 0.05) is 54.1 Å². The van der Waals surface area contributed by atoms with Crippen molar-refractivity contribution in [3.63, 3.8) is 0 Å². The predicted molar refractivity (Wildman–Crippen MR) is 240 cm³/mol. The van der Waals surface area contributed by atoms with Crippen LogP contribution >= 0.6 is 11.3 Å². The lowest BCUT2D eigenvalue weighted by molar-refractivity contribution is 1.17. The van der Waals surface area contributed by atoms with E-state index in [2.05, 4.69) is 214 Å². The highest BCUT2D eigenvalue weighted by Gasteiger charge is 2.24. The van der Waals surface area contributed by atoms with Gasteiger partial charge in [-0.1, -0.05) is 121 Å². The van der Waals surface area contributed by atoms with Crippen molar-refractivity contribution in [3.8, 4) is 11.4 Å². The van der Waals surface area contributed by atoms with Crippen molar-refractivity contribution >= 4 is 103 Å². The summed E-state index contributed by atoms with van der Waals surface area (Å²) in [4.78, 5) is 2.49. The Kier molecular flexibility index (Phi) is 6.80. The van der Waals surface area contributed by atoms with Crippen molar-refractivity contribution in [1.82, 2.24) is 9.13 Å². The number of nitrogens with zero attached hydrogens (tertiary/aromatic N) is 3. The molecular weight excluding hydrogens is 699 g/mol. The van der Waals surface area contributed by atoms with E-state index in [0.717, 1.165) is 22.7 Å². The SMILES string of the molecule is c1ccc(-n2c3ccccc3c3c(N(c4ccc(-n5c6ccccc6c6c7ccccc7ccc65)cc4)c4cccc5c4sc4ccccc45)cccc32)cc1. The molecule has 0 saturated carbocycles. The van der Waals surface area contributed by atoms with E-state index in [9.17, 15) is 0 Å². The molecule has 0 spiro atoms. The van der Waals surface area contributed by atoms with Gasteiger partial charge in [0.15, 0.2) is 0 Å². The average Bonchev–Trinajstić information content (AvgIpc) is 3.93. The van der Waals surface area contributed by atoms with Crippen molar-refractivity contribution in [2.75, 3.05) is 4.90 Å². The highest BCUT2D eigenvalue weighted by Crippen LogP contribution is 2.48. The van der Waals surface area contributed by atoms with Crippen LogP contribution in [0, 0.1) is 0 Å². The Balaban J connectivity index is 1.13. The number of para-hydroxylation sites is 3. The maximum absolute atomic E-state index is 2.49. The van der Waals surface area contributed by atoms with Gasteiger partial charge in [0.2, 0.25) is 0 Å². The molecule has 0 saturated heterocycles. The van der Waals surface area contributed by atoms with Crippen LogP contribution in [-0.4, -0.2) is 9.13 Å². The van der Waals surface area contributed by atoms with Gasteiger partial charge in [-0.15, -0.1) is 11.3 Å². The van der Waals surface area contributed by atoms with Gasteiger partial charge in [0.05, 0.1) is 38.1 Å². The van der Waals surface area contributed by atoms with E-state index in [1.807, 2.05) is 11.3 Å². The zero-order chi connectivity index (χ0) is 36.7. The van der Waals surface area contributed by atoms with E-state index in [-0.39, 0.29) is 0 Å². The zero-order valence-corrected chi connectivity index (χ0v) is 31.1. The third kappa shape index (κ3) is 4.51. The molecule has 0 aliphatic rings. The van der Waals surface area contributed by atoms with Crippen molar-refractivity contribution in [1.29, 1.82) is 0 Å². The Morgan fingerprint density at radius 3 is 1.68 bits per heavy atom. The van der Waals surface area contributed by atoms with Gasteiger partial charge in [-0.05, 0) is 89.6 Å². The van der Waals surface area contributed by atoms with E-state index in [4.69, 9.17) is 0 Å². The Labute approximate surface area is 327 Å². The molecule has 0 N–H and O–H groups in total. The summed E-state index contributed by atoms with van der Waals surface area (Å²) in [5.41, 5.74) is 10.5. The number of anilines is 3. The van der Waals surface area contributed by atoms with Crippen molar-refractivity contribution < 1.29 is 0 Å². The van der Waals surface area contributed by atoms with Crippen LogP contribution in [-0.2, 0) is 0 Å². The maximum Gasteiger partial charge on any atom is 0.0640 e. The van der Waals surface area contributed by atoms with Crippen molar-refractivity contribution in [2.45, 2.75) is 0 Å². The number of fused-ring (bicyclic) bond motifs is 11. The molecule has 0 bridgehead atoms. The molecular formula is C52H33N3S. The van der Waals surface area contributed by atoms with Crippen LogP contribution in [0.3, 0.4) is 0 Å². The molecule has 3 aromatic heterocycles. The first-order valence-corrected chi connectivity index (χ1v) is 19.9. The molecule has 0 unspecified atom stereocenters. The average molecular weight is 732 g/mol. The molecule has 12 rings (SSSR count). The highest BCUT2D eigenvalue weighted by atomic mass is 32.1. The Bertz CT molecular complexity index is 3480. The quantitative estimate of drug-likeness (QED) is 0.172. The van der Waals surface area contributed by atoms with Gasteiger partial charge in [0.1, 0.15) is 0 Å². The summed E-state index contributed by atoms with van der Waals surface area (Å²) < 4.78 is 7.40. The molecule has 12 aromatic rings.